The molecular formula is C13H14N2O2. The van der Waals surface area contributed by atoms with Crippen molar-refractivity contribution in [2.45, 2.75) is 12.1 Å². The molecule has 0 fully saturated rings. The Bertz CT molecular complexity index is 633. The average Bonchev–Trinajstić information content (AvgIpc) is 2.62. The summed E-state index contributed by atoms with van der Waals surface area (Å²) >= 11 is 0. The van der Waals surface area contributed by atoms with E-state index in [0.29, 0.717) is 6.61 Å². The Morgan fingerprint density at radius 3 is 2.94 bits per heavy atom. The van der Waals surface area contributed by atoms with Gasteiger partial charge in [0.2, 0.25) is 0 Å². The second kappa shape index (κ2) is 3.68. The van der Waals surface area contributed by atoms with E-state index in [0.717, 1.165) is 16.5 Å². The van der Waals surface area contributed by atoms with Crippen LogP contribution >= 0.6 is 0 Å². The first kappa shape index (κ1) is 10.5. The van der Waals surface area contributed by atoms with Gasteiger partial charge in [-0.2, -0.15) is 0 Å². The smallest absolute Gasteiger partial charge is 0.251 e. The van der Waals surface area contributed by atoms with Crippen molar-refractivity contribution in [3.05, 3.63) is 46.2 Å². The van der Waals surface area contributed by atoms with Crippen LogP contribution in [0.1, 0.15) is 17.6 Å². The average molecular weight is 230 g/mol. The molecule has 0 bridgehead atoms. The van der Waals surface area contributed by atoms with Crippen molar-refractivity contribution >= 4 is 10.9 Å². The highest BCUT2D eigenvalue weighted by atomic mass is 16.5. The molecule has 0 unspecified atom stereocenters. The van der Waals surface area contributed by atoms with Crippen LogP contribution in [-0.2, 0) is 4.74 Å². The predicted molar refractivity (Wildman–Crippen MR) is 66.0 cm³/mol. The fourth-order valence-electron chi connectivity index (χ4n) is 2.66. The van der Waals surface area contributed by atoms with Gasteiger partial charge in [0, 0.05) is 13.2 Å². The fourth-order valence-corrected chi connectivity index (χ4v) is 2.66. The largest absolute Gasteiger partial charge is 0.382 e. The van der Waals surface area contributed by atoms with Gasteiger partial charge in [0.15, 0.2) is 0 Å². The van der Waals surface area contributed by atoms with Crippen LogP contribution in [0.2, 0.25) is 0 Å². The molecule has 2 aromatic rings. The zero-order valence-electron chi connectivity index (χ0n) is 9.59. The molecule has 17 heavy (non-hydrogen) atoms. The molecule has 0 radical (unpaired) electrons. The van der Waals surface area contributed by atoms with Crippen molar-refractivity contribution in [1.29, 1.82) is 0 Å². The van der Waals surface area contributed by atoms with E-state index in [1.165, 1.54) is 0 Å². The van der Waals surface area contributed by atoms with Crippen LogP contribution in [0.25, 0.3) is 10.9 Å². The summed E-state index contributed by atoms with van der Waals surface area (Å²) in [5.74, 6) is 0. The highest BCUT2D eigenvalue weighted by Gasteiger charge is 2.32. The minimum Gasteiger partial charge on any atom is -0.382 e. The van der Waals surface area contributed by atoms with Crippen LogP contribution in [0.5, 0.6) is 0 Å². The number of hydrogen-bond donors (Lipinski definition) is 1. The van der Waals surface area contributed by atoms with Gasteiger partial charge >= 0.3 is 0 Å². The molecule has 0 spiro atoms. The van der Waals surface area contributed by atoms with Crippen LogP contribution in [-0.4, -0.2) is 18.3 Å². The first-order chi connectivity index (χ1) is 8.24. The Hall–Kier alpha value is -1.65. The van der Waals surface area contributed by atoms with Crippen LogP contribution in [0.15, 0.2) is 35.1 Å². The Morgan fingerprint density at radius 2 is 2.18 bits per heavy atom. The SMILES string of the molecule is COC[C@H]1[C@H](N)c2cccc3ccc(=O)n1c23. The molecule has 1 aromatic heterocycles. The summed E-state index contributed by atoms with van der Waals surface area (Å²) < 4.78 is 6.94. The second-order valence-electron chi connectivity index (χ2n) is 4.38. The van der Waals surface area contributed by atoms with E-state index < -0.39 is 0 Å². The van der Waals surface area contributed by atoms with Crippen LogP contribution in [0.4, 0.5) is 0 Å². The number of methoxy groups -OCH3 is 1. The van der Waals surface area contributed by atoms with Gasteiger partial charge < -0.3 is 15.0 Å². The topological polar surface area (TPSA) is 57.2 Å². The van der Waals surface area contributed by atoms with Crippen molar-refractivity contribution < 1.29 is 4.74 Å². The van der Waals surface area contributed by atoms with Crippen LogP contribution < -0.4 is 11.3 Å². The lowest BCUT2D eigenvalue weighted by molar-refractivity contribution is 0.147. The number of aromatic nitrogens is 1. The first-order valence-corrected chi connectivity index (χ1v) is 5.62. The van der Waals surface area contributed by atoms with Crippen molar-refractivity contribution in [2.24, 2.45) is 5.73 Å². The zero-order chi connectivity index (χ0) is 12.0. The molecule has 3 rings (SSSR count). The molecule has 4 heteroatoms. The molecule has 1 aliphatic heterocycles. The molecule has 1 aromatic carbocycles. The maximum atomic E-state index is 12.0. The summed E-state index contributed by atoms with van der Waals surface area (Å²) in [7, 11) is 1.63. The molecule has 0 amide bonds. The van der Waals surface area contributed by atoms with Gasteiger partial charge in [0.05, 0.1) is 24.2 Å². The zero-order valence-corrected chi connectivity index (χ0v) is 9.59. The van der Waals surface area contributed by atoms with Crippen molar-refractivity contribution in [1.82, 2.24) is 4.57 Å². The van der Waals surface area contributed by atoms with Crippen molar-refractivity contribution in [3.63, 3.8) is 0 Å². The Balaban J connectivity index is 2.36. The van der Waals surface area contributed by atoms with E-state index in [9.17, 15) is 4.79 Å². The Kier molecular flexibility index (Phi) is 2.28. The number of rotatable bonds is 2. The predicted octanol–water partition coefficient (Wildman–Crippen LogP) is 1.20. The normalized spacial score (nSPS) is 22.2. The van der Waals surface area contributed by atoms with Crippen LogP contribution in [0.3, 0.4) is 0 Å². The Morgan fingerprint density at radius 1 is 1.35 bits per heavy atom. The van der Waals surface area contributed by atoms with E-state index in [4.69, 9.17) is 10.5 Å². The molecule has 1 aliphatic rings. The first-order valence-electron chi connectivity index (χ1n) is 5.62. The lowest BCUT2D eigenvalue weighted by Crippen LogP contribution is -2.29. The van der Waals surface area contributed by atoms with Gasteiger partial charge in [-0.25, -0.2) is 0 Å². The molecule has 0 aliphatic carbocycles. The van der Waals surface area contributed by atoms with E-state index in [1.54, 1.807) is 17.7 Å². The fraction of sp³-hybridized carbons (Fsp3) is 0.308. The maximum absolute atomic E-state index is 12.0. The van der Waals surface area contributed by atoms with Gasteiger partial charge in [-0.1, -0.05) is 18.2 Å². The summed E-state index contributed by atoms with van der Waals surface area (Å²) in [5.41, 5.74) is 8.17. The number of hydrogen-bond acceptors (Lipinski definition) is 3. The maximum Gasteiger partial charge on any atom is 0.251 e. The summed E-state index contributed by atoms with van der Waals surface area (Å²) in [6.45, 7) is 0.453. The third-order valence-corrected chi connectivity index (χ3v) is 3.42. The van der Waals surface area contributed by atoms with Gasteiger partial charge in [-0.05, 0) is 17.0 Å². The quantitative estimate of drug-likeness (QED) is 0.843. The molecule has 0 saturated heterocycles. The summed E-state index contributed by atoms with van der Waals surface area (Å²) in [6.07, 6.45) is 0. The molecule has 2 heterocycles. The highest BCUT2D eigenvalue weighted by Crippen LogP contribution is 2.36. The number of ether oxygens (including phenoxy) is 1. The van der Waals surface area contributed by atoms with Gasteiger partial charge in [-0.15, -0.1) is 0 Å². The molecular weight excluding hydrogens is 216 g/mol. The number of para-hydroxylation sites is 1. The second-order valence-corrected chi connectivity index (χ2v) is 4.38. The van der Waals surface area contributed by atoms with E-state index in [1.807, 2.05) is 24.3 Å². The van der Waals surface area contributed by atoms with E-state index >= 15 is 0 Å². The van der Waals surface area contributed by atoms with Crippen LogP contribution in [0, 0.1) is 0 Å². The lowest BCUT2D eigenvalue weighted by Gasteiger charge is -2.17. The Labute approximate surface area is 98.6 Å². The molecule has 2 N–H and O–H groups in total. The van der Waals surface area contributed by atoms with Gasteiger partial charge in [-0.3, -0.25) is 4.79 Å². The third-order valence-electron chi connectivity index (χ3n) is 3.42. The summed E-state index contributed by atoms with van der Waals surface area (Å²) in [6, 6.07) is 9.12. The lowest BCUT2D eigenvalue weighted by atomic mass is 10.0. The minimum atomic E-state index is -0.172. The van der Waals surface area contributed by atoms with E-state index in [-0.39, 0.29) is 17.6 Å². The number of nitrogens with two attached hydrogens (primary N) is 1. The summed E-state index contributed by atoms with van der Waals surface area (Å²) in [4.78, 5) is 12.0. The number of nitrogens with zero attached hydrogens (tertiary/aromatic N) is 1. The molecule has 2 atom stereocenters. The monoisotopic (exact) mass is 230 g/mol. The molecule has 4 nitrogen and oxygen atoms in total. The van der Waals surface area contributed by atoms with Crippen molar-refractivity contribution in [2.75, 3.05) is 13.7 Å². The minimum absolute atomic E-state index is 0.0139. The van der Waals surface area contributed by atoms with Crippen molar-refractivity contribution in [3.8, 4) is 0 Å². The number of pyridine rings is 1. The third kappa shape index (κ3) is 1.34. The standard InChI is InChI=1S/C13H14N2O2/c1-17-7-10-12(14)9-4-2-3-8-5-6-11(16)15(10)13(8)9/h2-6,10,12H,7,14H2,1H3/t10-,12+/m0/s1. The molecule has 88 valence electrons. The van der Waals surface area contributed by atoms with Gasteiger partial charge in [0.25, 0.3) is 5.56 Å². The van der Waals surface area contributed by atoms with E-state index in [2.05, 4.69) is 0 Å². The molecule has 0 saturated carbocycles. The summed E-state index contributed by atoms with van der Waals surface area (Å²) in [5, 5.41) is 1.05. The number of benzene rings is 1. The highest BCUT2D eigenvalue weighted by molar-refractivity contribution is 5.84. The van der Waals surface area contributed by atoms with Gasteiger partial charge in [0.1, 0.15) is 0 Å².